The highest BCUT2D eigenvalue weighted by Gasteiger charge is 2.17. The van der Waals surface area contributed by atoms with Gasteiger partial charge in [0.05, 0.1) is 12.0 Å². The summed E-state index contributed by atoms with van der Waals surface area (Å²) < 4.78 is 0. The van der Waals surface area contributed by atoms with E-state index in [1.165, 1.54) is 32.2 Å². The van der Waals surface area contributed by atoms with E-state index in [0.717, 1.165) is 19.6 Å². The highest BCUT2D eigenvalue weighted by molar-refractivity contribution is 4.83. The number of hydrogen-bond donors (Lipinski definition) is 1. The molecule has 0 aromatic heterocycles. The van der Waals surface area contributed by atoms with Gasteiger partial charge in [-0.05, 0) is 39.3 Å². The van der Waals surface area contributed by atoms with Crippen LogP contribution in [0.3, 0.4) is 0 Å². The lowest BCUT2D eigenvalue weighted by Crippen LogP contribution is -2.45. The van der Waals surface area contributed by atoms with Crippen molar-refractivity contribution >= 4 is 0 Å². The van der Waals surface area contributed by atoms with Crippen molar-refractivity contribution in [2.45, 2.75) is 45.6 Å². The molecule has 0 amide bonds. The highest BCUT2D eigenvalue weighted by Crippen LogP contribution is 2.10. The molecule has 0 aromatic carbocycles. The van der Waals surface area contributed by atoms with Crippen molar-refractivity contribution < 1.29 is 0 Å². The Morgan fingerprint density at radius 2 is 2.31 bits per heavy atom. The Balaban J connectivity index is 2.34. The molecule has 1 N–H and O–H groups in total. The van der Waals surface area contributed by atoms with Crippen LogP contribution in [0.4, 0.5) is 0 Å². The topological polar surface area (TPSA) is 39.1 Å². The molecule has 1 heterocycles. The Bertz CT molecular complexity index is 216. The maximum atomic E-state index is 8.87. The van der Waals surface area contributed by atoms with Gasteiger partial charge in [0, 0.05) is 19.1 Å². The maximum Gasteiger partial charge on any atom is 0.0666 e. The standard InChI is InChI=1S/C13H25N3/c1-3-8-16(10-12(2)9-14)11-13-6-4-5-7-15-13/h12-13,15H,3-8,10-11H2,1-2H3. The first kappa shape index (κ1) is 13.5. The molecule has 0 radical (unpaired) electrons. The Kier molecular flexibility index (Phi) is 6.44. The van der Waals surface area contributed by atoms with Crippen LogP contribution in [-0.4, -0.2) is 37.1 Å². The van der Waals surface area contributed by atoms with E-state index in [0.29, 0.717) is 6.04 Å². The molecule has 0 saturated carbocycles. The lowest BCUT2D eigenvalue weighted by atomic mass is 10.0. The number of nitrogens with one attached hydrogen (secondary N) is 1. The number of nitriles is 1. The van der Waals surface area contributed by atoms with Gasteiger partial charge in [-0.25, -0.2) is 0 Å². The second-order valence-corrected chi connectivity index (χ2v) is 4.94. The minimum absolute atomic E-state index is 0.148. The summed E-state index contributed by atoms with van der Waals surface area (Å²) in [6.45, 7) is 8.53. The normalized spacial score (nSPS) is 23.0. The Hall–Kier alpha value is -0.590. The van der Waals surface area contributed by atoms with E-state index in [2.05, 4.69) is 23.2 Å². The van der Waals surface area contributed by atoms with Gasteiger partial charge in [0.25, 0.3) is 0 Å². The number of piperidine rings is 1. The van der Waals surface area contributed by atoms with E-state index >= 15 is 0 Å². The summed E-state index contributed by atoms with van der Waals surface area (Å²) in [6.07, 6.45) is 5.14. The molecule has 92 valence electrons. The monoisotopic (exact) mass is 223 g/mol. The van der Waals surface area contributed by atoms with Crippen molar-refractivity contribution in [3.63, 3.8) is 0 Å². The van der Waals surface area contributed by atoms with Gasteiger partial charge in [-0.3, -0.25) is 0 Å². The lowest BCUT2D eigenvalue weighted by molar-refractivity contribution is 0.212. The van der Waals surface area contributed by atoms with Crippen LogP contribution in [0, 0.1) is 17.2 Å². The molecule has 0 spiro atoms. The van der Waals surface area contributed by atoms with Crippen LogP contribution in [0.2, 0.25) is 0 Å². The number of nitrogens with zero attached hydrogens (tertiary/aromatic N) is 2. The van der Waals surface area contributed by atoms with Crippen molar-refractivity contribution in [3.05, 3.63) is 0 Å². The molecule has 2 unspecified atom stereocenters. The lowest BCUT2D eigenvalue weighted by Gasteiger charge is -2.30. The van der Waals surface area contributed by atoms with Gasteiger partial charge >= 0.3 is 0 Å². The fourth-order valence-electron chi connectivity index (χ4n) is 2.39. The van der Waals surface area contributed by atoms with Crippen LogP contribution in [0.15, 0.2) is 0 Å². The predicted molar refractivity (Wildman–Crippen MR) is 67.1 cm³/mol. The van der Waals surface area contributed by atoms with Gasteiger partial charge in [0.15, 0.2) is 0 Å². The van der Waals surface area contributed by atoms with Crippen LogP contribution in [0.25, 0.3) is 0 Å². The fourth-order valence-corrected chi connectivity index (χ4v) is 2.39. The van der Waals surface area contributed by atoms with Crippen molar-refractivity contribution in [1.82, 2.24) is 10.2 Å². The molecule has 0 bridgehead atoms. The largest absolute Gasteiger partial charge is 0.313 e. The molecule has 3 heteroatoms. The quantitative estimate of drug-likeness (QED) is 0.748. The minimum atomic E-state index is 0.148. The molecular formula is C13H25N3. The smallest absolute Gasteiger partial charge is 0.0666 e. The van der Waals surface area contributed by atoms with E-state index < -0.39 is 0 Å². The third kappa shape index (κ3) is 4.96. The molecule has 0 aliphatic carbocycles. The summed E-state index contributed by atoms with van der Waals surface area (Å²) in [5, 5.41) is 12.4. The molecule has 1 aliphatic rings. The van der Waals surface area contributed by atoms with Gasteiger partial charge in [-0.15, -0.1) is 0 Å². The summed E-state index contributed by atoms with van der Waals surface area (Å²) in [7, 11) is 0. The molecule has 1 rings (SSSR count). The van der Waals surface area contributed by atoms with Crippen LogP contribution in [0.5, 0.6) is 0 Å². The second kappa shape index (κ2) is 7.65. The van der Waals surface area contributed by atoms with E-state index in [1.54, 1.807) is 0 Å². The van der Waals surface area contributed by atoms with E-state index in [-0.39, 0.29) is 5.92 Å². The zero-order chi connectivity index (χ0) is 11.8. The molecular weight excluding hydrogens is 198 g/mol. The van der Waals surface area contributed by atoms with E-state index in [1.807, 2.05) is 6.92 Å². The van der Waals surface area contributed by atoms with Crippen LogP contribution < -0.4 is 5.32 Å². The van der Waals surface area contributed by atoms with Crippen molar-refractivity contribution in [3.8, 4) is 6.07 Å². The number of hydrogen-bond acceptors (Lipinski definition) is 3. The predicted octanol–water partition coefficient (Wildman–Crippen LogP) is 2.00. The van der Waals surface area contributed by atoms with Gasteiger partial charge in [0.1, 0.15) is 0 Å². The van der Waals surface area contributed by atoms with Crippen LogP contribution in [0.1, 0.15) is 39.5 Å². The molecule has 2 atom stereocenters. The maximum absolute atomic E-state index is 8.87. The van der Waals surface area contributed by atoms with Crippen LogP contribution in [-0.2, 0) is 0 Å². The second-order valence-electron chi connectivity index (χ2n) is 4.94. The Labute approximate surface area is 99.8 Å². The van der Waals surface area contributed by atoms with Crippen molar-refractivity contribution in [2.24, 2.45) is 5.92 Å². The Morgan fingerprint density at radius 3 is 2.88 bits per heavy atom. The zero-order valence-electron chi connectivity index (χ0n) is 10.7. The van der Waals surface area contributed by atoms with Gasteiger partial charge in [-0.2, -0.15) is 5.26 Å². The molecule has 1 aliphatic heterocycles. The molecule has 0 aromatic rings. The van der Waals surface area contributed by atoms with Crippen molar-refractivity contribution in [2.75, 3.05) is 26.2 Å². The Morgan fingerprint density at radius 1 is 1.50 bits per heavy atom. The van der Waals surface area contributed by atoms with Gasteiger partial charge in [0.2, 0.25) is 0 Å². The molecule has 3 nitrogen and oxygen atoms in total. The van der Waals surface area contributed by atoms with Gasteiger partial charge < -0.3 is 10.2 Å². The number of rotatable bonds is 6. The third-order valence-corrected chi connectivity index (χ3v) is 3.18. The van der Waals surface area contributed by atoms with E-state index in [4.69, 9.17) is 5.26 Å². The summed E-state index contributed by atoms with van der Waals surface area (Å²) in [4.78, 5) is 2.44. The molecule has 1 saturated heterocycles. The summed E-state index contributed by atoms with van der Waals surface area (Å²) in [5.74, 6) is 0.148. The summed E-state index contributed by atoms with van der Waals surface area (Å²) in [5.41, 5.74) is 0. The fraction of sp³-hybridized carbons (Fsp3) is 0.923. The highest BCUT2D eigenvalue weighted by atomic mass is 15.1. The summed E-state index contributed by atoms with van der Waals surface area (Å²) in [6, 6.07) is 2.97. The molecule has 1 fully saturated rings. The van der Waals surface area contributed by atoms with Crippen LogP contribution >= 0.6 is 0 Å². The average Bonchev–Trinajstić information content (AvgIpc) is 2.30. The average molecular weight is 223 g/mol. The minimum Gasteiger partial charge on any atom is -0.313 e. The zero-order valence-corrected chi connectivity index (χ0v) is 10.7. The van der Waals surface area contributed by atoms with E-state index in [9.17, 15) is 0 Å². The third-order valence-electron chi connectivity index (χ3n) is 3.18. The first-order valence-corrected chi connectivity index (χ1v) is 6.61. The van der Waals surface area contributed by atoms with Crippen molar-refractivity contribution in [1.29, 1.82) is 5.26 Å². The SMILES string of the molecule is CCCN(CC(C)C#N)CC1CCCCN1. The molecule has 16 heavy (non-hydrogen) atoms. The first-order valence-electron chi connectivity index (χ1n) is 6.61. The van der Waals surface area contributed by atoms with Gasteiger partial charge in [-0.1, -0.05) is 13.3 Å². The first-order chi connectivity index (χ1) is 7.76. The summed E-state index contributed by atoms with van der Waals surface area (Å²) >= 11 is 0.